The molecule has 1 aliphatic carbocycles. The summed E-state index contributed by atoms with van der Waals surface area (Å²) in [4.78, 5) is 28.7. The third kappa shape index (κ3) is 17.1. The van der Waals surface area contributed by atoms with Gasteiger partial charge in [0.05, 0.1) is 29.7 Å². The third-order valence-corrected chi connectivity index (χ3v) is 17.6. The normalized spacial score (nSPS) is 25.2. The molecular weight excluding hydrogens is 947 g/mol. The first-order valence-electron chi connectivity index (χ1n) is 30.6. The lowest BCUT2D eigenvalue weighted by atomic mass is 9.50. The molecule has 0 N–H and O–H groups in total. The number of fused-ring (bicyclic) bond motifs is 6. The van der Waals surface area contributed by atoms with Crippen LogP contribution in [0.4, 0.5) is 0 Å². The topological polar surface area (TPSA) is 70.7 Å². The van der Waals surface area contributed by atoms with E-state index in [0.29, 0.717) is 44.9 Å². The maximum atomic E-state index is 5.50. The second-order valence-electron chi connectivity index (χ2n) is 33.1. The maximum absolute atomic E-state index is 5.50. The Morgan fingerprint density at radius 2 is 1.04 bits per heavy atom. The average molecular weight is 1070 g/mol. The van der Waals surface area contributed by atoms with Gasteiger partial charge in [0.1, 0.15) is 5.76 Å². The van der Waals surface area contributed by atoms with Gasteiger partial charge in [0.15, 0.2) is 5.89 Å². The number of aryl methyl sites for hydroxylation is 1. The molecule has 10 nitrogen and oxygen atoms in total. The zero-order valence-corrected chi connectivity index (χ0v) is 55.6. The van der Waals surface area contributed by atoms with E-state index in [1.807, 2.05) is 27.0 Å². The van der Waals surface area contributed by atoms with Crippen LogP contribution in [0.15, 0.2) is 39.0 Å². The van der Waals surface area contributed by atoms with Gasteiger partial charge in [0.2, 0.25) is 0 Å². The minimum atomic E-state index is 0.205. The van der Waals surface area contributed by atoms with E-state index in [4.69, 9.17) is 4.42 Å². The first-order chi connectivity index (χ1) is 34.9. The molecule has 77 heavy (non-hydrogen) atoms. The highest BCUT2D eigenvalue weighted by atomic mass is 16.4. The zero-order chi connectivity index (χ0) is 58.5. The Hall–Kier alpha value is -2.47. The molecule has 8 aliphatic heterocycles. The van der Waals surface area contributed by atoms with Gasteiger partial charge in [-0.2, -0.15) is 0 Å². The van der Waals surface area contributed by atoms with Crippen LogP contribution in [0.2, 0.25) is 0 Å². The Bertz CT molecular complexity index is 2250. The van der Waals surface area contributed by atoms with Crippen molar-refractivity contribution in [3.05, 3.63) is 58.2 Å². The summed E-state index contributed by atoms with van der Waals surface area (Å²) in [5.74, 6) is 1.84. The largest absolute Gasteiger partial charge is 0.444 e. The highest BCUT2D eigenvalue weighted by molar-refractivity contribution is 5.88. The Balaban J connectivity index is 0.000000170. The fourth-order valence-corrected chi connectivity index (χ4v) is 13.5. The molecule has 0 radical (unpaired) electrons. The number of oxazole rings is 1. The average Bonchev–Trinajstić information content (AvgIpc) is 4.10. The summed E-state index contributed by atoms with van der Waals surface area (Å²) in [5, 5.41) is 0. The molecule has 9 aliphatic rings. The fourth-order valence-electron chi connectivity index (χ4n) is 13.5. The monoisotopic (exact) mass is 1070 g/mol. The van der Waals surface area contributed by atoms with E-state index in [2.05, 4.69) is 230 Å². The molecule has 1 spiro atoms. The molecule has 2 atom stereocenters. The van der Waals surface area contributed by atoms with Crippen LogP contribution in [0.25, 0.3) is 0 Å². The summed E-state index contributed by atoms with van der Waals surface area (Å²) in [7, 11) is 0. The van der Waals surface area contributed by atoms with E-state index in [1.54, 1.807) is 5.57 Å². The summed E-state index contributed by atoms with van der Waals surface area (Å²) in [5.41, 5.74) is 12.5. The molecule has 2 unspecified atom stereocenters. The molecule has 2 bridgehead atoms. The lowest BCUT2D eigenvalue weighted by Gasteiger charge is -2.65. The van der Waals surface area contributed by atoms with Crippen molar-refractivity contribution in [2.75, 3.05) is 52.4 Å². The Morgan fingerprint density at radius 1 is 0.545 bits per heavy atom. The third-order valence-electron chi connectivity index (χ3n) is 17.6. The lowest BCUT2D eigenvalue weighted by molar-refractivity contribution is -0.157. The Kier molecular flexibility index (Phi) is 19.9. The summed E-state index contributed by atoms with van der Waals surface area (Å²) >= 11 is 0. The van der Waals surface area contributed by atoms with Crippen molar-refractivity contribution in [3.8, 4) is 0 Å². The Labute approximate surface area is 475 Å². The number of hydrogen-bond acceptors (Lipinski definition) is 10. The fraction of sp³-hybridized carbons (Fsp3) is 0.836. The van der Waals surface area contributed by atoms with Gasteiger partial charge in [0, 0.05) is 117 Å². The van der Waals surface area contributed by atoms with Gasteiger partial charge in [-0.1, -0.05) is 61.5 Å². The van der Waals surface area contributed by atoms with Gasteiger partial charge >= 0.3 is 0 Å². The van der Waals surface area contributed by atoms with E-state index in [0.717, 1.165) is 55.4 Å². The minimum Gasteiger partial charge on any atom is -0.444 e. The smallest absolute Gasteiger partial charge is 0.191 e. The molecule has 2 aromatic rings. The summed E-state index contributed by atoms with van der Waals surface area (Å²) in [6, 6.07) is 5.52. The van der Waals surface area contributed by atoms with Crippen molar-refractivity contribution < 1.29 is 4.42 Å². The van der Waals surface area contributed by atoms with Crippen LogP contribution in [0.1, 0.15) is 266 Å². The number of pyridine rings is 1. The van der Waals surface area contributed by atoms with Gasteiger partial charge in [-0.05, 0) is 209 Å². The van der Waals surface area contributed by atoms with E-state index in [1.165, 1.54) is 94.0 Å². The number of aromatic nitrogens is 2. The van der Waals surface area contributed by atoms with E-state index in [-0.39, 0.29) is 16.6 Å². The second-order valence-corrected chi connectivity index (χ2v) is 33.1. The van der Waals surface area contributed by atoms with Crippen molar-refractivity contribution in [2.24, 2.45) is 26.7 Å². The summed E-state index contributed by atoms with van der Waals surface area (Å²) in [6.07, 6.45) is 9.89. The zero-order valence-electron chi connectivity index (χ0n) is 55.6. The van der Waals surface area contributed by atoms with Gasteiger partial charge in [-0.3, -0.25) is 39.4 Å². The number of hydrogen-bond donors (Lipinski definition) is 0. The molecule has 5 fully saturated rings. The van der Waals surface area contributed by atoms with Crippen LogP contribution in [-0.4, -0.2) is 131 Å². The molecule has 440 valence electrons. The number of likely N-dealkylation sites (tertiary alicyclic amines) is 3. The lowest BCUT2D eigenvalue weighted by Crippen LogP contribution is -2.68. The predicted octanol–water partition coefficient (Wildman–Crippen LogP) is 16.0. The molecule has 10 heteroatoms. The molecule has 2 aromatic heterocycles. The van der Waals surface area contributed by atoms with E-state index < -0.39 is 0 Å². The SMILES string of the molecule is CC.CC(C)(C)N1C2CCC1c1ncccc12.CC1(C)CC2(CN(C(C)(C)C)C2)C1.CC1(C)CCN(C(C)(C)C)C1.CC1(C)CN(C(C)(C)C)C1.CC1=NC2=C(C1)CN(C(C)(C)C)C2.Cc1nc2c(o1)CN(C(C)(C)C)C2. The summed E-state index contributed by atoms with van der Waals surface area (Å²) in [6.45, 7) is 75.1. The predicted molar refractivity (Wildman–Crippen MR) is 330 cm³/mol. The number of nitrogens with zero attached hydrogens (tertiary/aromatic N) is 9. The van der Waals surface area contributed by atoms with Crippen molar-refractivity contribution in [1.29, 1.82) is 0 Å². The first-order valence-corrected chi connectivity index (χ1v) is 30.6. The maximum Gasteiger partial charge on any atom is 0.191 e. The Morgan fingerprint density at radius 3 is 1.44 bits per heavy atom. The quantitative estimate of drug-likeness (QED) is 0.257. The van der Waals surface area contributed by atoms with Crippen molar-refractivity contribution in [2.45, 2.75) is 291 Å². The van der Waals surface area contributed by atoms with Crippen LogP contribution < -0.4 is 0 Å². The first kappa shape index (κ1) is 65.3. The van der Waals surface area contributed by atoms with Crippen LogP contribution in [0, 0.1) is 28.6 Å². The van der Waals surface area contributed by atoms with Crippen LogP contribution in [0.3, 0.4) is 0 Å². The van der Waals surface area contributed by atoms with Crippen molar-refractivity contribution in [3.63, 3.8) is 0 Å². The minimum absolute atomic E-state index is 0.205. The van der Waals surface area contributed by atoms with Gasteiger partial charge in [-0.25, -0.2) is 4.98 Å². The van der Waals surface area contributed by atoms with Crippen LogP contribution >= 0.6 is 0 Å². The molecule has 1 saturated carbocycles. The number of rotatable bonds is 0. The molecule has 0 amide bonds. The summed E-state index contributed by atoms with van der Waals surface area (Å²) < 4.78 is 5.50. The van der Waals surface area contributed by atoms with Gasteiger partial charge in [-0.15, -0.1) is 0 Å². The molecule has 4 saturated heterocycles. The molecule has 10 heterocycles. The molecule has 11 rings (SSSR count). The van der Waals surface area contributed by atoms with Crippen molar-refractivity contribution in [1.82, 2.24) is 39.4 Å². The molecular formula is C67H121N9O. The highest BCUT2D eigenvalue weighted by Gasteiger charge is 2.57. The number of aliphatic imine (C=N–C) groups is 1. The van der Waals surface area contributed by atoms with Crippen LogP contribution in [-0.2, 0) is 13.1 Å². The van der Waals surface area contributed by atoms with Gasteiger partial charge in [0.25, 0.3) is 0 Å². The van der Waals surface area contributed by atoms with E-state index in [9.17, 15) is 0 Å². The standard InChI is InChI=1S/C13H18N2.C12H23N.C11H18N2.C10H16N2O.C10H21N.C9H19N.C2H6/c1-13(2,3)15-10-6-7-11(15)12-9(10)5-4-8-14-12;1-10(2,3)13-8-12(9-13)6-11(4,5)7-12;1-8-5-9-6-13(11(2,3)4)7-10(9)12-8;1-7-11-8-5-12(10(2,3)4)6-9(8)13-7;1-9(2,3)11-7-6-10(4,5)8-11;1-8(2,3)10-6-9(4,5)7-10;1-2/h4-5,8,10-11H,6-7H2,1-3H3;6-9H2,1-5H3;5-7H2,1-4H3;5-6H2,1-4H3;6-8H2,1-5H3;6-7H2,1-5H3;1-2H3. The van der Waals surface area contributed by atoms with Gasteiger partial charge < -0.3 is 4.42 Å². The highest BCUT2D eigenvalue weighted by Crippen LogP contribution is 2.59. The second kappa shape index (κ2) is 23.4. The van der Waals surface area contributed by atoms with Crippen molar-refractivity contribution >= 4 is 5.71 Å². The molecule has 0 aromatic carbocycles. The van der Waals surface area contributed by atoms with Crippen LogP contribution in [0.5, 0.6) is 0 Å². The van der Waals surface area contributed by atoms with E-state index >= 15 is 0 Å².